The average Bonchev–Trinajstić information content (AvgIpc) is 3.40. The van der Waals surface area contributed by atoms with Gasteiger partial charge in [0, 0.05) is 27.9 Å². The SMILES string of the molecule is CC1=C[C@@H]2N(c3ccccc31)[C@@H](C(=O)C(C)(C)C)[C@@H](C(=O)c1ccc(CC(C)C)cc1)[C@]21C(=O)Nc2ccccc21. The van der Waals surface area contributed by atoms with Gasteiger partial charge in [0.2, 0.25) is 5.91 Å². The molecule has 3 aliphatic rings. The van der Waals surface area contributed by atoms with Crippen molar-refractivity contribution >= 4 is 34.4 Å². The van der Waals surface area contributed by atoms with Crippen molar-refractivity contribution in [2.24, 2.45) is 17.3 Å². The molecule has 0 unspecified atom stereocenters. The molecular formula is C36H38N2O3. The molecule has 0 bridgehead atoms. The number of nitrogens with one attached hydrogen (secondary N) is 1. The lowest BCUT2D eigenvalue weighted by Crippen LogP contribution is -2.51. The minimum absolute atomic E-state index is 0.0471. The molecule has 1 fully saturated rings. The van der Waals surface area contributed by atoms with E-state index in [4.69, 9.17) is 0 Å². The van der Waals surface area contributed by atoms with E-state index in [-0.39, 0.29) is 17.5 Å². The molecule has 0 aromatic heterocycles. The summed E-state index contributed by atoms with van der Waals surface area (Å²) in [5, 5.41) is 3.11. The Morgan fingerprint density at radius 1 is 0.951 bits per heavy atom. The van der Waals surface area contributed by atoms with Crippen LogP contribution in [0.25, 0.3) is 5.57 Å². The summed E-state index contributed by atoms with van der Waals surface area (Å²) in [4.78, 5) is 46.0. The van der Waals surface area contributed by atoms with Gasteiger partial charge in [-0.05, 0) is 48.1 Å². The molecule has 210 valence electrons. The molecule has 4 atom stereocenters. The highest BCUT2D eigenvalue weighted by Gasteiger charge is 2.71. The molecule has 1 N–H and O–H groups in total. The maximum absolute atomic E-state index is 14.9. The number of carbonyl (C=O) groups is 3. The molecular weight excluding hydrogens is 508 g/mol. The predicted molar refractivity (Wildman–Crippen MR) is 164 cm³/mol. The van der Waals surface area contributed by atoms with Crippen molar-refractivity contribution < 1.29 is 14.4 Å². The zero-order valence-corrected chi connectivity index (χ0v) is 24.7. The van der Waals surface area contributed by atoms with E-state index < -0.39 is 28.8 Å². The molecule has 6 rings (SSSR count). The molecule has 41 heavy (non-hydrogen) atoms. The number of benzene rings is 3. The summed E-state index contributed by atoms with van der Waals surface area (Å²) in [7, 11) is 0. The maximum Gasteiger partial charge on any atom is 0.238 e. The average molecular weight is 547 g/mol. The van der Waals surface area contributed by atoms with Gasteiger partial charge >= 0.3 is 0 Å². The van der Waals surface area contributed by atoms with Crippen LogP contribution < -0.4 is 10.2 Å². The summed E-state index contributed by atoms with van der Waals surface area (Å²) in [5.41, 5.74) is 4.10. The highest BCUT2D eigenvalue weighted by atomic mass is 16.2. The quantitative estimate of drug-likeness (QED) is 0.355. The van der Waals surface area contributed by atoms with E-state index >= 15 is 0 Å². The largest absolute Gasteiger partial charge is 0.352 e. The zero-order chi connectivity index (χ0) is 29.3. The first-order valence-corrected chi connectivity index (χ1v) is 14.6. The van der Waals surface area contributed by atoms with E-state index in [9.17, 15) is 14.4 Å². The Hall–Kier alpha value is -3.99. The topological polar surface area (TPSA) is 66.5 Å². The first kappa shape index (κ1) is 27.2. The van der Waals surface area contributed by atoms with Gasteiger partial charge in [0.05, 0.1) is 12.0 Å². The summed E-state index contributed by atoms with van der Waals surface area (Å²) < 4.78 is 0. The minimum Gasteiger partial charge on any atom is -0.352 e. The zero-order valence-electron chi connectivity index (χ0n) is 24.7. The van der Waals surface area contributed by atoms with Gasteiger partial charge in [-0.3, -0.25) is 14.4 Å². The van der Waals surface area contributed by atoms with E-state index in [0.717, 1.165) is 34.4 Å². The van der Waals surface area contributed by atoms with Crippen molar-refractivity contribution in [2.45, 2.75) is 65.5 Å². The molecule has 3 aromatic rings. The fraction of sp³-hybridized carbons (Fsp3) is 0.361. The number of allylic oxidation sites excluding steroid dienone is 1. The van der Waals surface area contributed by atoms with Gasteiger partial charge in [-0.2, -0.15) is 0 Å². The maximum atomic E-state index is 14.9. The standard InChI is InChI=1S/C36H38N2O3/c1-21(2)19-23-15-17-24(18-16-23)32(39)30-31(33(40)35(4,5)6)38-28-14-10-7-11-25(28)22(3)20-29(38)36(30)26-12-8-9-13-27(26)37-34(36)41/h7-18,20-21,29-31H,19H2,1-6H3,(H,37,41)/t29-,30-,31+,36+/m0/s1. The number of amides is 1. The van der Waals surface area contributed by atoms with Crippen molar-refractivity contribution in [2.75, 3.05) is 10.2 Å². The van der Waals surface area contributed by atoms with Crippen LogP contribution in [0, 0.1) is 17.3 Å². The Morgan fingerprint density at radius 3 is 2.29 bits per heavy atom. The monoisotopic (exact) mass is 546 g/mol. The van der Waals surface area contributed by atoms with Crippen LogP contribution in [-0.4, -0.2) is 29.6 Å². The highest BCUT2D eigenvalue weighted by Crippen LogP contribution is 2.59. The van der Waals surface area contributed by atoms with Gasteiger partial charge in [-0.25, -0.2) is 0 Å². The third kappa shape index (κ3) is 4.00. The van der Waals surface area contributed by atoms with Gasteiger partial charge in [0.25, 0.3) is 0 Å². The lowest BCUT2D eigenvalue weighted by Gasteiger charge is -2.39. The molecule has 1 saturated heterocycles. The van der Waals surface area contributed by atoms with E-state index in [2.05, 4.69) is 30.1 Å². The highest BCUT2D eigenvalue weighted by molar-refractivity contribution is 6.17. The van der Waals surface area contributed by atoms with Crippen LogP contribution in [0.15, 0.2) is 78.9 Å². The molecule has 0 aliphatic carbocycles. The second kappa shape index (κ2) is 9.54. The Kier molecular flexibility index (Phi) is 6.33. The molecule has 5 nitrogen and oxygen atoms in total. The molecule has 3 aromatic carbocycles. The molecule has 0 radical (unpaired) electrons. The summed E-state index contributed by atoms with van der Waals surface area (Å²) in [6.07, 6.45) is 3.02. The summed E-state index contributed by atoms with van der Waals surface area (Å²) >= 11 is 0. The number of hydrogen-bond acceptors (Lipinski definition) is 4. The molecule has 1 spiro atoms. The lowest BCUT2D eigenvalue weighted by molar-refractivity contribution is -0.128. The molecule has 5 heteroatoms. The number of ketones is 2. The Labute approximate surface area is 242 Å². The normalized spacial score (nSPS) is 24.6. The van der Waals surface area contributed by atoms with Crippen LogP contribution in [0.5, 0.6) is 0 Å². The molecule has 0 saturated carbocycles. The van der Waals surface area contributed by atoms with Crippen LogP contribution in [0.3, 0.4) is 0 Å². The Morgan fingerprint density at radius 2 is 1.61 bits per heavy atom. The number of anilines is 2. The minimum atomic E-state index is -1.27. The van der Waals surface area contributed by atoms with Gasteiger partial charge in [-0.1, -0.05) is 101 Å². The van der Waals surface area contributed by atoms with Gasteiger partial charge in [0.15, 0.2) is 11.6 Å². The fourth-order valence-electron chi connectivity index (χ4n) is 7.29. The number of carbonyl (C=O) groups excluding carboxylic acids is 3. The fourth-order valence-corrected chi connectivity index (χ4v) is 7.29. The number of rotatable bonds is 5. The van der Waals surface area contributed by atoms with Gasteiger partial charge in [-0.15, -0.1) is 0 Å². The number of fused-ring (bicyclic) bond motifs is 6. The molecule has 3 aliphatic heterocycles. The van der Waals surface area contributed by atoms with Gasteiger partial charge in [0.1, 0.15) is 11.5 Å². The first-order valence-electron chi connectivity index (χ1n) is 14.6. The second-order valence-corrected chi connectivity index (χ2v) is 13.3. The van der Waals surface area contributed by atoms with E-state index in [1.807, 2.05) is 100 Å². The Balaban J connectivity index is 1.63. The van der Waals surface area contributed by atoms with E-state index in [0.29, 0.717) is 17.2 Å². The summed E-state index contributed by atoms with van der Waals surface area (Å²) in [5.74, 6) is -0.874. The van der Waals surface area contributed by atoms with Gasteiger partial charge < -0.3 is 10.2 Å². The Bertz CT molecular complexity index is 1590. The van der Waals surface area contributed by atoms with Crippen LogP contribution in [0.2, 0.25) is 0 Å². The van der Waals surface area contributed by atoms with Crippen LogP contribution >= 0.6 is 0 Å². The van der Waals surface area contributed by atoms with Crippen LogP contribution in [-0.2, 0) is 21.4 Å². The van der Waals surface area contributed by atoms with Crippen molar-refractivity contribution in [1.29, 1.82) is 0 Å². The van der Waals surface area contributed by atoms with Crippen molar-refractivity contribution in [1.82, 2.24) is 0 Å². The predicted octanol–water partition coefficient (Wildman–Crippen LogP) is 6.86. The number of para-hydroxylation sites is 2. The third-order valence-corrected chi connectivity index (χ3v) is 9.06. The van der Waals surface area contributed by atoms with Crippen molar-refractivity contribution in [3.8, 4) is 0 Å². The second-order valence-electron chi connectivity index (χ2n) is 13.3. The number of hydrogen-bond donors (Lipinski definition) is 1. The third-order valence-electron chi connectivity index (χ3n) is 9.06. The number of Topliss-reactive ketones (excluding diaryl/α,β-unsaturated/α-hetero) is 2. The smallest absolute Gasteiger partial charge is 0.238 e. The van der Waals surface area contributed by atoms with Crippen LogP contribution in [0.1, 0.15) is 68.6 Å². The number of nitrogens with zero attached hydrogens (tertiary/aromatic N) is 1. The summed E-state index contributed by atoms with van der Waals surface area (Å²) in [6, 6.07) is 22.1. The van der Waals surface area contributed by atoms with Crippen molar-refractivity contribution in [3.63, 3.8) is 0 Å². The molecule has 3 heterocycles. The summed E-state index contributed by atoms with van der Waals surface area (Å²) in [6.45, 7) is 12.1. The van der Waals surface area contributed by atoms with Crippen LogP contribution in [0.4, 0.5) is 11.4 Å². The lowest BCUT2D eigenvalue weighted by atomic mass is 9.63. The van der Waals surface area contributed by atoms with Crippen molar-refractivity contribution in [3.05, 3.63) is 101 Å². The molecule has 1 amide bonds. The van der Waals surface area contributed by atoms with E-state index in [1.54, 1.807) is 0 Å². The first-order chi connectivity index (χ1) is 19.5. The van der Waals surface area contributed by atoms with E-state index in [1.165, 1.54) is 0 Å².